The van der Waals surface area contributed by atoms with Crippen molar-refractivity contribution < 1.29 is 14.7 Å². The highest BCUT2D eigenvalue weighted by Gasteiger charge is 2.13. The minimum absolute atomic E-state index is 0.255. The average molecular weight is 349 g/mol. The van der Waals surface area contributed by atoms with E-state index in [2.05, 4.69) is 21.2 Å². The first-order valence-corrected chi connectivity index (χ1v) is 7.05. The van der Waals surface area contributed by atoms with E-state index in [-0.39, 0.29) is 5.91 Å². The molecule has 0 aliphatic rings. The van der Waals surface area contributed by atoms with Gasteiger partial charge in [0.2, 0.25) is 0 Å². The van der Waals surface area contributed by atoms with Crippen molar-refractivity contribution in [3.05, 3.63) is 33.3 Å². The van der Waals surface area contributed by atoms with E-state index < -0.39 is 11.9 Å². The lowest BCUT2D eigenvalue weighted by atomic mass is 10.1. The van der Waals surface area contributed by atoms with Crippen LogP contribution < -0.4 is 5.32 Å². The maximum absolute atomic E-state index is 11.9. The Labute approximate surface area is 125 Å². The zero-order chi connectivity index (χ0) is 14.4. The van der Waals surface area contributed by atoms with E-state index in [9.17, 15) is 9.59 Å². The van der Waals surface area contributed by atoms with Crippen molar-refractivity contribution in [1.82, 2.24) is 5.32 Å². The molecule has 1 unspecified atom stereocenters. The SMILES string of the molecule is CC(CCCNC(=O)c1cccc(Br)c1Cl)C(=O)O. The molecule has 19 heavy (non-hydrogen) atoms. The van der Waals surface area contributed by atoms with Gasteiger partial charge in [0.1, 0.15) is 0 Å². The Hall–Kier alpha value is -1.07. The number of rotatable bonds is 6. The maximum atomic E-state index is 11.9. The molecule has 0 saturated heterocycles. The number of aliphatic carboxylic acids is 1. The Morgan fingerprint density at radius 3 is 2.79 bits per heavy atom. The highest BCUT2D eigenvalue weighted by molar-refractivity contribution is 9.10. The van der Waals surface area contributed by atoms with Gasteiger partial charge in [0.15, 0.2) is 0 Å². The molecule has 104 valence electrons. The van der Waals surface area contributed by atoms with Gasteiger partial charge in [0, 0.05) is 11.0 Å². The number of carboxylic acid groups (broad SMARTS) is 1. The van der Waals surface area contributed by atoms with Gasteiger partial charge in [-0.1, -0.05) is 24.6 Å². The van der Waals surface area contributed by atoms with Crippen LogP contribution in [0.1, 0.15) is 30.1 Å². The van der Waals surface area contributed by atoms with Crippen LogP contribution in [0, 0.1) is 5.92 Å². The Morgan fingerprint density at radius 2 is 2.16 bits per heavy atom. The summed E-state index contributed by atoms with van der Waals surface area (Å²) in [4.78, 5) is 22.5. The van der Waals surface area contributed by atoms with Crippen LogP contribution in [0.4, 0.5) is 0 Å². The van der Waals surface area contributed by atoms with Crippen molar-refractivity contribution in [2.75, 3.05) is 6.54 Å². The first-order valence-electron chi connectivity index (χ1n) is 5.88. The van der Waals surface area contributed by atoms with Crippen molar-refractivity contribution in [3.63, 3.8) is 0 Å². The highest BCUT2D eigenvalue weighted by atomic mass is 79.9. The summed E-state index contributed by atoms with van der Waals surface area (Å²) >= 11 is 9.26. The molecular formula is C13H15BrClNO3. The fourth-order valence-corrected chi connectivity index (χ4v) is 2.09. The molecule has 0 heterocycles. The maximum Gasteiger partial charge on any atom is 0.306 e. The molecule has 0 saturated carbocycles. The smallest absolute Gasteiger partial charge is 0.306 e. The second kappa shape index (κ2) is 7.50. The van der Waals surface area contributed by atoms with Crippen molar-refractivity contribution in [3.8, 4) is 0 Å². The number of carbonyl (C=O) groups excluding carboxylic acids is 1. The summed E-state index contributed by atoms with van der Waals surface area (Å²) < 4.78 is 0.668. The van der Waals surface area contributed by atoms with Crippen LogP contribution in [0.2, 0.25) is 5.02 Å². The lowest BCUT2D eigenvalue weighted by Gasteiger charge is -2.09. The molecule has 0 fully saturated rings. The van der Waals surface area contributed by atoms with Crippen LogP contribution in [-0.4, -0.2) is 23.5 Å². The number of nitrogens with one attached hydrogen (secondary N) is 1. The molecule has 0 radical (unpaired) electrons. The number of hydrogen-bond acceptors (Lipinski definition) is 2. The fraction of sp³-hybridized carbons (Fsp3) is 0.385. The van der Waals surface area contributed by atoms with Crippen molar-refractivity contribution in [2.24, 2.45) is 5.92 Å². The summed E-state index contributed by atoms with van der Waals surface area (Å²) in [5.74, 6) is -1.47. The largest absolute Gasteiger partial charge is 0.481 e. The molecule has 6 heteroatoms. The molecule has 2 N–H and O–H groups in total. The fourth-order valence-electron chi connectivity index (χ4n) is 1.51. The van der Waals surface area contributed by atoms with Gasteiger partial charge in [0.25, 0.3) is 5.91 Å². The molecule has 1 amide bonds. The van der Waals surface area contributed by atoms with Crippen LogP contribution in [-0.2, 0) is 4.79 Å². The number of carboxylic acids is 1. The van der Waals surface area contributed by atoms with Gasteiger partial charge in [-0.2, -0.15) is 0 Å². The lowest BCUT2D eigenvalue weighted by molar-refractivity contribution is -0.141. The van der Waals surface area contributed by atoms with Gasteiger partial charge >= 0.3 is 5.97 Å². The van der Waals surface area contributed by atoms with Gasteiger partial charge in [0.05, 0.1) is 16.5 Å². The van der Waals surface area contributed by atoms with Gasteiger partial charge < -0.3 is 10.4 Å². The van der Waals surface area contributed by atoms with E-state index in [1.807, 2.05) is 0 Å². The number of carbonyl (C=O) groups is 2. The standard InChI is InChI=1S/C13H15BrClNO3/c1-8(13(18)19)4-3-7-16-12(17)9-5-2-6-10(14)11(9)15/h2,5-6,8H,3-4,7H2,1H3,(H,16,17)(H,18,19). The molecule has 0 spiro atoms. The predicted molar refractivity (Wildman–Crippen MR) is 77.5 cm³/mol. The van der Waals surface area contributed by atoms with Crippen molar-refractivity contribution in [1.29, 1.82) is 0 Å². The van der Waals surface area contributed by atoms with E-state index in [1.54, 1.807) is 25.1 Å². The number of hydrogen-bond donors (Lipinski definition) is 2. The van der Waals surface area contributed by atoms with Gasteiger partial charge in [-0.05, 0) is 40.9 Å². The van der Waals surface area contributed by atoms with E-state index in [4.69, 9.17) is 16.7 Å². The van der Waals surface area contributed by atoms with Crippen LogP contribution in [0.5, 0.6) is 0 Å². The van der Waals surface area contributed by atoms with Crippen LogP contribution >= 0.6 is 27.5 Å². The summed E-state index contributed by atoms with van der Waals surface area (Å²) in [5.41, 5.74) is 0.405. The minimum atomic E-state index is -0.818. The quantitative estimate of drug-likeness (QED) is 0.775. The molecule has 0 aromatic heterocycles. The van der Waals surface area contributed by atoms with Crippen LogP contribution in [0.25, 0.3) is 0 Å². The van der Waals surface area contributed by atoms with E-state index >= 15 is 0 Å². The highest BCUT2D eigenvalue weighted by Crippen LogP contribution is 2.25. The van der Waals surface area contributed by atoms with E-state index in [0.29, 0.717) is 34.4 Å². The monoisotopic (exact) mass is 347 g/mol. The van der Waals surface area contributed by atoms with Crippen molar-refractivity contribution in [2.45, 2.75) is 19.8 Å². The summed E-state index contributed by atoms with van der Waals surface area (Å²) in [7, 11) is 0. The third kappa shape index (κ3) is 4.84. The molecule has 1 atom stereocenters. The summed E-state index contributed by atoms with van der Waals surface area (Å²) in [5, 5.41) is 11.8. The zero-order valence-corrected chi connectivity index (χ0v) is 12.8. The number of benzene rings is 1. The first-order chi connectivity index (χ1) is 8.93. The Morgan fingerprint density at radius 1 is 1.47 bits per heavy atom. The third-order valence-corrected chi connectivity index (χ3v) is 4.01. The molecule has 0 bridgehead atoms. The van der Waals surface area contributed by atoms with Crippen molar-refractivity contribution >= 4 is 39.4 Å². The van der Waals surface area contributed by atoms with E-state index in [0.717, 1.165) is 0 Å². The topological polar surface area (TPSA) is 66.4 Å². The molecule has 4 nitrogen and oxygen atoms in total. The third-order valence-electron chi connectivity index (χ3n) is 2.72. The first kappa shape index (κ1) is 16.0. The van der Waals surface area contributed by atoms with Gasteiger partial charge in [-0.15, -0.1) is 0 Å². The van der Waals surface area contributed by atoms with Crippen LogP contribution in [0.15, 0.2) is 22.7 Å². The number of halogens is 2. The zero-order valence-electron chi connectivity index (χ0n) is 10.5. The van der Waals surface area contributed by atoms with E-state index in [1.165, 1.54) is 0 Å². The van der Waals surface area contributed by atoms with Gasteiger partial charge in [-0.3, -0.25) is 9.59 Å². The summed E-state index contributed by atoms with van der Waals surface area (Å²) in [6.45, 7) is 2.08. The Kier molecular flexibility index (Phi) is 6.31. The molecular weight excluding hydrogens is 334 g/mol. The molecule has 1 rings (SSSR count). The second-order valence-electron chi connectivity index (χ2n) is 4.24. The molecule has 1 aromatic rings. The molecule has 1 aromatic carbocycles. The molecule has 0 aliphatic carbocycles. The normalized spacial score (nSPS) is 11.9. The summed E-state index contributed by atoms with van der Waals surface area (Å²) in [6.07, 6.45) is 1.15. The number of amides is 1. The van der Waals surface area contributed by atoms with Gasteiger partial charge in [-0.25, -0.2) is 0 Å². The minimum Gasteiger partial charge on any atom is -0.481 e. The van der Waals surface area contributed by atoms with Crippen LogP contribution in [0.3, 0.4) is 0 Å². The summed E-state index contributed by atoms with van der Waals surface area (Å²) in [6, 6.07) is 5.13. The molecule has 0 aliphatic heterocycles. The second-order valence-corrected chi connectivity index (χ2v) is 5.47. The Bertz CT molecular complexity index is 479. The Balaban J connectivity index is 2.44. The lowest BCUT2D eigenvalue weighted by Crippen LogP contribution is -2.25. The average Bonchev–Trinajstić information content (AvgIpc) is 2.37. The predicted octanol–water partition coefficient (Wildman–Crippen LogP) is 3.33.